The minimum atomic E-state index is -0.312. The van der Waals surface area contributed by atoms with Crippen LogP contribution in [-0.2, 0) is 4.74 Å². The Morgan fingerprint density at radius 3 is 2.56 bits per heavy atom. The molecule has 4 N–H and O–H groups in total. The Hall–Kier alpha value is -0.480. The van der Waals surface area contributed by atoms with Crippen LogP contribution in [0.15, 0.2) is 0 Å². The average molecular weight is 253 g/mol. The maximum absolute atomic E-state index is 11.1. The van der Waals surface area contributed by atoms with Crippen LogP contribution in [0.2, 0.25) is 0 Å². The number of quaternary nitrogens is 1. The van der Waals surface area contributed by atoms with Crippen LogP contribution in [0, 0.1) is 6.04 Å². The molecule has 0 saturated carbocycles. The van der Waals surface area contributed by atoms with Crippen molar-refractivity contribution in [3.05, 3.63) is 6.04 Å². The molecule has 0 aliphatic carbocycles. The summed E-state index contributed by atoms with van der Waals surface area (Å²) in [6.07, 6.45) is 4.65. The van der Waals surface area contributed by atoms with Crippen molar-refractivity contribution in [3.8, 4) is 0 Å². The molecule has 0 atom stereocenters. The summed E-state index contributed by atoms with van der Waals surface area (Å²) >= 11 is 0. The van der Waals surface area contributed by atoms with E-state index >= 15 is 0 Å². The van der Waals surface area contributed by atoms with E-state index in [0.29, 0.717) is 13.2 Å². The number of ether oxygens (including phenoxy) is 1. The molecular weight excluding hydrogens is 228 g/mol. The first-order chi connectivity index (χ1) is 7.20. The molecule has 0 unspecified atom stereocenters. The number of hydrogen-bond donors (Lipinski definition) is 2. The molecule has 0 radical (unpaired) electrons. The van der Waals surface area contributed by atoms with Gasteiger partial charge in [-0.15, -0.1) is 24.9 Å². The first-order valence-electron chi connectivity index (χ1n) is 5.78. The number of unbranched alkanes of at least 4 members (excludes halogenated alkanes) is 1. The van der Waals surface area contributed by atoms with Crippen molar-refractivity contribution in [3.63, 3.8) is 0 Å². The number of rotatable bonds is 8. The summed E-state index contributed by atoms with van der Waals surface area (Å²) < 4.78 is 4.99. The molecule has 98 valence electrons. The first kappa shape index (κ1) is 17.9. The number of nitrogens with one attached hydrogen (secondary N) is 1. The van der Waals surface area contributed by atoms with Crippen molar-refractivity contribution in [2.45, 2.75) is 46.0 Å². The topological polar surface area (TPSA) is 66.0 Å². The fourth-order valence-electron chi connectivity index (χ4n) is 1.18. The first-order valence-corrected chi connectivity index (χ1v) is 5.78. The Morgan fingerprint density at radius 2 is 2.00 bits per heavy atom. The number of hydrogen-bond acceptors (Lipinski definition) is 2. The molecule has 0 aliphatic rings. The molecule has 0 aromatic rings. The van der Waals surface area contributed by atoms with Crippen LogP contribution in [0.1, 0.15) is 46.0 Å². The minimum Gasteiger partial charge on any atom is -0.485 e. The zero-order valence-corrected chi connectivity index (χ0v) is 11.2. The van der Waals surface area contributed by atoms with Gasteiger partial charge in [-0.25, -0.2) is 4.79 Å². The normalized spacial score (nSPS) is 9.75. The van der Waals surface area contributed by atoms with E-state index in [4.69, 9.17) is 4.74 Å². The Balaban J connectivity index is 0. The van der Waals surface area contributed by atoms with Crippen molar-refractivity contribution >= 4 is 18.5 Å². The Kier molecular flexibility index (Phi) is 14.1. The van der Waals surface area contributed by atoms with Crippen molar-refractivity contribution < 1.29 is 15.3 Å². The number of halogens is 1. The van der Waals surface area contributed by atoms with Crippen molar-refractivity contribution in [1.29, 1.82) is 0 Å². The highest BCUT2D eigenvalue weighted by Crippen LogP contribution is 2.03. The lowest BCUT2D eigenvalue weighted by Crippen LogP contribution is -2.54. The molecule has 1 amide bonds. The summed E-state index contributed by atoms with van der Waals surface area (Å²) in [5.74, 6) is 0. The van der Waals surface area contributed by atoms with Gasteiger partial charge in [-0.2, -0.15) is 0 Å². The second-order valence-electron chi connectivity index (χ2n) is 3.67. The van der Waals surface area contributed by atoms with Gasteiger partial charge in [-0.1, -0.05) is 33.1 Å². The molecule has 0 bridgehead atoms. The Labute approximate surface area is 105 Å². The molecule has 0 aromatic heterocycles. The molecule has 16 heavy (non-hydrogen) atoms. The summed E-state index contributed by atoms with van der Waals surface area (Å²) in [6.45, 7) is 5.34. The molecule has 0 rings (SSSR count). The zero-order valence-electron chi connectivity index (χ0n) is 10.4. The van der Waals surface area contributed by atoms with Gasteiger partial charge in [0.15, 0.2) is 0 Å². The molecule has 4 nitrogen and oxygen atoms in total. The van der Waals surface area contributed by atoms with Gasteiger partial charge in [0, 0.05) is 6.54 Å². The van der Waals surface area contributed by atoms with E-state index in [9.17, 15) is 4.79 Å². The van der Waals surface area contributed by atoms with Crippen LogP contribution < -0.4 is 11.1 Å². The van der Waals surface area contributed by atoms with Crippen LogP contribution in [0.25, 0.3) is 0 Å². The molecular formula is C11H25ClN2O2. The van der Waals surface area contributed by atoms with Crippen molar-refractivity contribution in [2.75, 3.05) is 13.2 Å². The van der Waals surface area contributed by atoms with Gasteiger partial charge in [0.2, 0.25) is 0 Å². The number of amides is 1. The third-order valence-electron chi connectivity index (χ3n) is 2.09. The smallest absolute Gasteiger partial charge is 0.407 e. The van der Waals surface area contributed by atoms with Crippen LogP contribution in [-0.4, -0.2) is 19.2 Å². The van der Waals surface area contributed by atoms with Crippen LogP contribution in [0.3, 0.4) is 0 Å². The second-order valence-corrected chi connectivity index (χ2v) is 3.67. The Bertz CT molecular complexity index is 168. The van der Waals surface area contributed by atoms with Gasteiger partial charge >= 0.3 is 6.09 Å². The van der Waals surface area contributed by atoms with E-state index in [1.165, 1.54) is 0 Å². The predicted octanol–water partition coefficient (Wildman–Crippen LogP) is 1.90. The third kappa shape index (κ3) is 11.6. The van der Waals surface area contributed by atoms with Crippen molar-refractivity contribution in [2.24, 2.45) is 0 Å². The minimum absolute atomic E-state index is 0. The lowest BCUT2D eigenvalue weighted by Gasteiger charge is -2.17. The molecule has 0 aromatic carbocycles. The summed E-state index contributed by atoms with van der Waals surface area (Å²) in [7, 11) is 0. The quantitative estimate of drug-likeness (QED) is 0.512. The highest BCUT2D eigenvalue weighted by Gasteiger charge is 2.00. The van der Waals surface area contributed by atoms with Gasteiger partial charge < -0.3 is 15.8 Å². The maximum atomic E-state index is 11.1. The zero-order chi connectivity index (χ0) is 11.5. The van der Waals surface area contributed by atoms with Gasteiger partial charge in [-0.05, 0) is 6.42 Å². The molecule has 0 heterocycles. The lowest BCUT2D eigenvalue weighted by atomic mass is 10.1. The van der Waals surface area contributed by atoms with E-state index in [0.717, 1.165) is 38.1 Å². The highest BCUT2D eigenvalue weighted by atomic mass is 35.5. The fourth-order valence-corrected chi connectivity index (χ4v) is 1.18. The largest absolute Gasteiger partial charge is 0.485 e. The Morgan fingerprint density at radius 1 is 1.31 bits per heavy atom. The summed E-state index contributed by atoms with van der Waals surface area (Å²) in [5, 5.41) is 2.70. The van der Waals surface area contributed by atoms with E-state index in [2.05, 4.69) is 24.9 Å². The average Bonchev–Trinajstić information content (AvgIpc) is 2.18. The molecule has 0 saturated heterocycles. The van der Waals surface area contributed by atoms with Gasteiger partial charge in [0.05, 0.1) is 6.61 Å². The van der Waals surface area contributed by atoms with E-state index in [1.807, 2.05) is 0 Å². The highest BCUT2D eigenvalue weighted by molar-refractivity contribution is 5.85. The summed E-state index contributed by atoms with van der Waals surface area (Å²) in [4.78, 5) is 11.1. The third-order valence-corrected chi connectivity index (χ3v) is 2.09. The fraction of sp³-hybridized carbons (Fsp3) is 0.818. The van der Waals surface area contributed by atoms with E-state index < -0.39 is 0 Å². The maximum Gasteiger partial charge on any atom is 0.407 e. The standard InChI is InChI=1S/C11H24N2O2.ClH/c1-3-5-8-13-11(14)15-9-7-10(12)6-4-2;/h3-9H2,1-2,12H3,(H,13,14);1H. The molecule has 0 aliphatic heterocycles. The van der Waals surface area contributed by atoms with Gasteiger partial charge in [0.1, 0.15) is 0 Å². The molecule has 0 spiro atoms. The second kappa shape index (κ2) is 12.6. The molecule has 0 fully saturated rings. The van der Waals surface area contributed by atoms with Crippen LogP contribution in [0.4, 0.5) is 4.79 Å². The van der Waals surface area contributed by atoms with Gasteiger partial charge in [-0.3, -0.25) is 0 Å². The number of carbonyl (C=O) groups is 1. The molecule has 5 heteroatoms. The van der Waals surface area contributed by atoms with Crippen LogP contribution >= 0.6 is 12.4 Å². The lowest BCUT2D eigenvalue weighted by molar-refractivity contribution is -0.359. The van der Waals surface area contributed by atoms with E-state index in [1.54, 1.807) is 0 Å². The monoisotopic (exact) mass is 252 g/mol. The number of carbonyl (C=O) groups excluding carboxylic acids is 1. The summed E-state index contributed by atoms with van der Waals surface area (Å²) in [5.41, 5.74) is 3.90. The predicted molar refractivity (Wildman–Crippen MR) is 67.2 cm³/mol. The SMILES string of the molecule is CCCCNC(=O)OCC[C-]([NH3+])CCC.Cl. The number of alkyl carbamates (subject to hydrolysis) is 1. The van der Waals surface area contributed by atoms with E-state index in [-0.39, 0.29) is 18.5 Å². The van der Waals surface area contributed by atoms with Gasteiger partial charge in [0.25, 0.3) is 0 Å². The van der Waals surface area contributed by atoms with Crippen LogP contribution in [0.5, 0.6) is 0 Å². The van der Waals surface area contributed by atoms with Crippen molar-refractivity contribution in [1.82, 2.24) is 5.32 Å². The summed E-state index contributed by atoms with van der Waals surface area (Å²) in [6, 6.07) is 1.15.